The van der Waals surface area contributed by atoms with Gasteiger partial charge in [0.2, 0.25) is 5.91 Å². The molecule has 0 aromatic heterocycles. The molecule has 2 aliphatic rings. The maximum absolute atomic E-state index is 12.4. The molecule has 18 heavy (non-hydrogen) atoms. The second-order valence-electron chi connectivity index (χ2n) is 5.47. The second kappa shape index (κ2) is 4.73. The summed E-state index contributed by atoms with van der Waals surface area (Å²) < 4.78 is 0. The Balaban J connectivity index is 1.64. The van der Waals surface area contributed by atoms with Crippen LogP contribution in [0.25, 0.3) is 0 Å². The molecule has 1 fully saturated rings. The molecule has 1 heterocycles. The van der Waals surface area contributed by atoms with Gasteiger partial charge in [-0.1, -0.05) is 24.3 Å². The fourth-order valence-electron chi connectivity index (χ4n) is 3.20. The van der Waals surface area contributed by atoms with Gasteiger partial charge in [0, 0.05) is 13.1 Å². The van der Waals surface area contributed by atoms with E-state index in [1.54, 1.807) is 0 Å². The Kier molecular flexibility index (Phi) is 3.08. The summed E-state index contributed by atoms with van der Waals surface area (Å²) in [5.41, 5.74) is 8.17. The highest BCUT2D eigenvalue weighted by molar-refractivity contribution is 5.87. The third kappa shape index (κ3) is 1.93. The zero-order chi connectivity index (χ0) is 12.5. The lowest BCUT2D eigenvalue weighted by Gasteiger charge is -2.32. The largest absolute Gasteiger partial charge is 0.342 e. The van der Waals surface area contributed by atoms with Crippen LogP contribution in [0.5, 0.6) is 0 Å². The molecule has 1 aliphatic carbocycles. The molecule has 2 atom stereocenters. The van der Waals surface area contributed by atoms with Crippen LogP contribution in [-0.4, -0.2) is 30.4 Å². The van der Waals surface area contributed by atoms with E-state index in [9.17, 15) is 4.79 Å². The predicted molar refractivity (Wildman–Crippen MR) is 71.2 cm³/mol. The van der Waals surface area contributed by atoms with Crippen molar-refractivity contribution in [3.8, 4) is 0 Å². The number of nitrogens with two attached hydrogens (primary N) is 1. The van der Waals surface area contributed by atoms with Crippen molar-refractivity contribution in [2.24, 2.45) is 11.7 Å². The van der Waals surface area contributed by atoms with Gasteiger partial charge in [0.25, 0.3) is 0 Å². The number of rotatable bonds is 3. The minimum absolute atomic E-state index is 0.123. The number of hydrogen-bond acceptors (Lipinski definition) is 2. The standard InChI is InChI=1S/C15H20N2O/c16-7-5-11-6-8-17(10-11)15(18)14-9-12-3-1-2-4-13(12)14/h1-4,11,14H,5-10,16H2. The lowest BCUT2D eigenvalue weighted by Crippen LogP contribution is -2.38. The Bertz CT molecular complexity index is 458. The quantitative estimate of drug-likeness (QED) is 0.876. The third-order valence-electron chi connectivity index (χ3n) is 4.33. The number of nitrogens with zero attached hydrogens (tertiary/aromatic N) is 1. The Morgan fingerprint density at radius 1 is 1.39 bits per heavy atom. The van der Waals surface area contributed by atoms with Crippen molar-refractivity contribution >= 4 is 5.91 Å². The summed E-state index contributed by atoms with van der Waals surface area (Å²) in [7, 11) is 0. The van der Waals surface area contributed by atoms with Crippen LogP contribution in [-0.2, 0) is 11.2 Å². The number of benzene rings is 1. The highest BCUT2D eigenvalue weighted by Gasteiger charge is 2.36. The maximum Gasteiger partial charge on any atom is 0.230 e. The van der Waals surface area contributed by atoms with Crippen LogP contribution in [0.2, 0.25) is 0 Å². The minimum Gasteiger partial charge on any atom is -0.342 e. The fourth-order valence-corrected chi connectivity index (χ4v) is 3.20. The van der Waals surface area contributed by atoms with E-state index in [2.05, 4.69) is 12.1 Å². The van der Waals surface area contributed by atoms with Gasteiger partial charge in [-0.25, -0.2) is 0 Å². The predicted octanol–water partition coefficient (Wildman–Crippen LogP) is 1.52. The zero-order valence-electron chi connectivity index (χ0n) is 10.6. The molecule has 1 aromatic carbocycles. The minimum atomic E-state index is 0.123. The molecule has 3 nitrogen and oxygen atoms in total. The van der Waals surface area contributed by atoms with E-state index in [1.807, 2.05) is 17.0 Å². The number of amides is 1. The molecule has 0 spiro atoms. The average Bonchev–Trinajstić information content (AvgIpc) is 2.80. The second-order valence-corrected chi connectivity index (χ2v) is 5.47. The number of likely N-dealkylation sites (tertiary alicyclic amines) is 1. The van der Waals surface area contributed by atoms with Crippen molar-refractivity contribution in [1.29, 1.82) is 0 Å². The Morgan fingerprint density at radius 3 is 3.00 bits per heavy atom. The number of carbonyl (C=O) groups is 1. The molecule has 1 saturated heterocycles. The van der Waals surface area contributed by atoms with E-state index >= 15 is 0 Å². The lowest BCUT2D eigenvalue weighted by atomic mass is 9.77. The first-order valence-corrected chi connectivity index (χ1v) is 6.86. The molecular formula is C15H20N2O. The van der Waals surface area contributed by atoms with E-state index in [0.29, 0.717) is 11.8 Å². The molecule has 2 unspecified atom stereocenters. The van der Waals surface area contributed by atoms with Crippen molar-refractivity contribution < 1.29 is 4.79 Å². The van der Waals surface area contributed by atoms with Crippen molar-refractivity contribution in [2.75, 3.05) is 19.6 Å². The van der Waals surface area contributed by atoms with Crippen LogP contribution in [0.1, 0.15) is 29.9 Å². The van der Waals surface area contributed by atoms with Crippen LogP contribution >= 0.6 is 0 Å². The van der Waals surface area contributed by atoms with Gasteiger partial charge < -0.3 is 10.6 Å². The average molecular weight is 244 g/mol. The number of hydrogen-bond donors (Lipinski definition) is 1. The Labute approximate surface area is 108 Å². The van der Waals surface area contributed by atoms with Crippen molar-refractivity contribution in [2.45, 2.75) is 25.2 Å². The Morgan fingerprint density at radius 2 is 2.22 bits per heavy atom. The normalized spacial score (nSPS) is 25.7. The molecule has 0 bridgehead atoms. The highest BCUT2D eigenvalue weighted by Crippen LogP contribution is 2.37. The fraction of sp³-hybridized carbons (Fsp3) is 0.533. The van der Waals surface area contributed by atoms with Crippen molar-refractivity contribution in [3.05, 3.63) is 35.4 Å². The summed E-state index contributed by atoms with van der Waals surface area (Å²) in [6.07, 6.45) is 3.09. The summed E-state index contributed by atoms with van der Waals surface area (Å²) in [5.74, 6) is 1.07. The van der Waals surface area contributed by atoms with E-state index in [4.69, 9.17) is 5.73 Å². The zero-order valence-corrected chi connectivity index (χ0v) is 10.6. The first-order chi connectivity index (χ1) is 8.79. The summed E-state index contributed by atoms with van der Waals surface area (Å²) in [6.45, 7) is 2.57. The summed E-state index contributed by atoms with van der Waals surface area (Å²) in [5, 5.41) is 0. The van der Waals surface area contributed by atoms with Gasteiger partial charge in [0.1, 0.15) is 0 Å². The third-order valence-corrected chi connectivity index (χ3v) is 4.33. The molecule has 96 valence electrons. The SMILES string of the molecule is NCCC1CCN(C(=O)C2Cc3ccccc32)C1. The number of fused-ring (bicyclic) bond motifs is 1. The Hall–Kier alpha value is -1.35. The van der Waals surface area contributed by atoms with Gasteiger partial charge in [-0.05, 0) is 42.9 Å². The van der Waals surface area contributed by atoms with E-state index in [0.717, 1.165) is 38.9 Å². The first kappa shape index (κ1) is 11.7. The molecule has 1 aliphatic heterocycles. The van der Waals surface area contributed by atoms with E-state index in [-0.39, 0.29) is 5.92 Å². The monoisotopic (exact) mass is 244 g/mol. The van der Waals surface area contributed by atoms with Crippen molar-refractivity contribution in [1.82, 2.24) is 4.90 Å². The van der Waals surface area contributed by atoms with Gasteiger partial charge in [-0.15, -0.1) is 0 Å². The summed E-state index contributed by atoms with van der Waals surface area (Å²) in [6, 6.07) is 8.29. The molecule has 2 N–H and O–H groups in total. The maximum atomic E-state index is 12.4. The van der Waals surface area contributed by atoms with Crippen LogP contribution in [0.15, 0.2) is 24.3 Å². The van der Waals surface area contributed by atoms with Gasteiger partial charge in [0.05, 0.1) is 5.92 Å². The lowest BCUT2D eigenvalue weighted by molar-refractivity contribution is -0.132. The van der Waals surface area contributed by atoms with E-state index < -0.39 is 0 Å². The molecule has 0 radical (unpaired) electrons. The summed E-state index contributed by atoms with van der Waals surface area (Å²) in [4.78, 5) is 14.5. The van der Waals surface area contributed by atoms with Crippen LogP contribution in [0.3, 0.4) is 0 Å². The van der Waals surface area contributed by atoms with Crippen LogP contribution in [0.4, 0.5) is 0 Å². The van der Waals surface area contributed by atoms with Gasteiger partial charge in [-0.2, -0.15) is 0 Å². The van der Waals surface area contributed by atoms with E-state index in [1.165, 1.54) is 11.1 Å². The van der Waals surface area contributed by atoms with Crippen LogP contribution in [0, 0.1) is 5.92 Å². The molecule has 0 saturated carbocycles. The molecule has 3 heteroatoms. The number of carbonyl (C=O) groups excluding carboxylic acids is 1. The first-order valence-electron chi connectivity index (χ1n) is 6.86. The topological polar surface area (TPSA) is 46.3 Å². The molecule has 1 amide bonds. The van der Waals surface area contributed by atoms with Gasteiger partial charge >= 0.3 is 0 Å². The van der Waals surface area contributed by atoms with Gasteiger partial charge in [-0.3, -0.25) is 4.79 Å². The highest BCUT2D eigenvalue weighted by atomic mass is 16.2. The molecular weight excluding hydrogens is 224 g/mol. The van der Waals surface area contributed by atoms with Gasteiger partial charge in [0.15, 0.2) is 0 Å². The van der Waals surface area contributed by atoms with Crippen LogP contribution < -0.4 is 5.73 Å². The summed E-state index contributed by atoms with van der Waals surface area (Å²) >= 11 is 0. The van der Waals surface area contributed by atoms with Crippen molar-refractivity contribution in [3.63, 3.8) is 0 Å². The smallest absolute Gasteiger partial charge is 0.230 e. The molecule has 1 aromatic rings. The molecule has 3 rings (SSSR count).